The average molecular weight is 424 g/mol. The number of rotatable bonds is 6. The van der Waals surface area contributed by atoms with E-state index in [9.17, 15) is 4.79 Å². The van der Waals surface area contributed by atoms with Crippen molar-refractivity contribution >= 4 is 11.0 Å². The molecular weight excluding hydrogens is 394 g/mol. The topological polar surface area (TPSA) is 61.1 Å². The predicted molar refractivity (Wildman–Crippen MR) is 121 cm³/mol. The van der Waals surface area contributed by atoms with Crippen molar-refractivity contribution in [2.24, 2.45) is 0 Å². The third-order valence-corrected chi connectivity index (χ3v) is 5.59. The molecule has 0 aliphatic carbocycles. The number of methoxy groups -OCH3 is 1. The molecule has 164 valence electrons. The molecule has 6 heteroatoms. The Morgan fingerprint density at radius 1 is 1.03 bits per heavy atom. The van der Waals surface area contributed by atoms with E-state index in [4.69, 9.17) is 18.6 Å². The molecule has 0 spiro atoms. The van der Waals surface area contributed by atoms with E-state index >= 15 is 0 Å². The molecular formula is C25H29NO5. The molecule has 1 aliphatic rings. The van der Waals surface area contributed by atoms with E-state index in [1.165, 1.54) is 0 Å². The summed E-state index contributed by atoms with van der Waals surface area (Å²) in [6, 6.07) is 12.8. The third kappa shape index (κ3) is 4.75. The Kier molecular flexibility index (Phi) is 6.30. The highest BCUT2D eigenvalue weighted by molar-refractivity contribution is 5.83. The van der Waals surface area contributed by atoms with Crippen LogP contribution >= 0.6 is 0 Å². The van der Waals surface area contributed by atoms with Crippen LogP contribution in [0.25, 0.3) is 22.1 Å². The highest BCUT2D eigenvalue weighted by atomic mass is 16.5. The average Bonchev–Trinajstić information content (AvgIpc) is 2.73. The highest BCUT2D eigenvalue weighted by Gasteiger charge is 2.21. The minimum Gasteiger partial charge on any atom is -0.497 e. The van der Waals surface area contributed by atoms with Gasteiger partial charge in [-0.1, -0.05) is 12.1 Å². The van der Waals surface area contributed by atoms with Crippen molar-refractivity contribution in [2.45, 2.75) is 33.0 Å². The lowest BCUT2D eigenvalue weighted by Gasteiger charge is -2.35. The zero-order chi connectivity index (χ0) is 22.0. The number of nitrogens with zero attached hydrogens (tertiary/aromatic N) is 1. The normalized spacial score (nSPS) is 19.5. The summed E-state index contributed by atoms with van der Waals surface area (Å²) in [6.45, 7) is 9.22. The lowest BCUT2D eigenvalue weighted by molar-refractivity contribution is -0.0699. The minimum atomic E-state index is -0.0493. The molecule has 2 heterocycles. The first-order valence-electron chi connectivity index (χ1n) is 10.7. The van der Waals surface area contributed by atoms with Gasteiger partial charge in [-0.3, -0.25) is 9.69 Å². The Morgan fingerprint density at radius 3 is 2.39 bits per heavy atom. The van der Waals surface area contributed by atoms with Crippen molar-refractivity contribution in [3.8, 4) is 22.6 Å². The molecule has 2 unspecified atom stereocenters. The second-order valence-corrected chi connectivity index (χ2v) is 8.11. The molecule has 1 saturated heterocycles. The van der Waals surface area contributed by atoms with Gasteiger partial charge in [0.2, 0.25) is 5.43 Å². The summed E-state index contributed by atoms with van der Waals surface area (Å²) in [5, 5.41) is 0.541. The predicted octanol–water partition coefficient (Wildman–Crippen LogP) is 4.27. The molecule has 0 bridgehead atoms. The van der Waals surface area contributed by atoms with Crippen LogP contribution in [0.1, 0.15) is 19.6 Å². The van der Waals surface area contributed by atoms with Crippen LogP contribution in [-0.4, -0.2) is 50.5 Å². The number of morpholine rings is 1. The molecule has 2 aromatic carbocycles. The fraction of sp³-hybridized carbons (Fsp3) is 0.400. The first kappa shape index (κ1) is 21.4. The molecule has 0 N–H and O–H groups in total. The SMILES string of the molecule is COc1ccc(-c2c(C)oc3cc(OCCN4CC(C)OC(C)C4)ccc3c2=O)cc1. The Morgan fingerprint density at radius 2 is 1.71 bits per heavy atom. The largest absolute Gasteiger partial charge is 0.497 e. The summed E-state index contributed by atoms with van der Waals surface area (Å²) in [5.74, 6) is 2.02. The molecule has 2 atom stereocenters. The van der Waals surface area contributed by atoms with Gasteiger partial charge in [-0.2, -0.15) is 0 Å². The fourth-order valence-electron chi connectivity index (χ4n) is 4.23. The maximum atomic E-state index is 13.1. The van der Waals surface area contributed by atoms with Gasteiger partial charge < -0.3 is 18.6 Å². The van der Waals surface area contributed by atoms with Gasteiger partial charge in [0, 0.05) is 25.7 Å². The van der Waals surface area contributed by atoms with Crippen molar-refractivity contribution in [1.82, 2.24) is 4.90 Å². The lowest BCUT2D eigenvalue weighted by Crippen LogP contribution is -2.46. The number of ether oxygens (including phenoxy) is 3. The second kappa shape index (κ2) is 9.12. The van der Waals surface area contributed by atoms with Crippen LogP contribution < -0.4 is 14.9 Å². The summed E-state index contributed by atoms with van der Waals surface area (Å²) in [7, 11) is 1.62. The highest BCUT2D eigenvalue weighted by Crippen LogP contribution is 2.27. The Balaban J connectivity index is 1.51. The molecule has 1 fully saturated rings. The first-order valence-corrected chi connectivity index (χ1v) is 10.7. The van der Waals surface area contributed by atoms with Crippen molar-refractivity contribution < 1.29 is 18.6 Å². The summed E-state index contributed by atoms with van der Waals surface area (Å²) in [4.78, 5) is 15.5. The van der Waals surface area contributed by atoms with Crippen LogP contribution in [0.4, 0.5) is 0 Å². The number of hydrogen-bond acceptors (Lipinski definition) is 6. The Hall–Kier alpha value is -2.83. The number of aryl methyl sites for hydroxylation is 1. The number of hydrogen-bond donors (Lipinski definition) is 0. The van der Waals surface area contributed by atoms with E-state index < -0.39 is 0 Å². The first-order chi connectivity index (χ1) is 14.9. The van der Waals surface area contributed by atoms with Crippen LogP contribution in [0, 0.1) is 6.92 Å². The van der Waals surface area contributed by atoms with Gasteiger partial charge in [0.1, 0.15) is 29.4 Å². The summed E-state index contributed by atoms with van der Waals surface area (Å²) < 4.78 is 22.9. The van der Waals surface area contributed by atoms with Crippen molar-refractivity contribution in [1.29, 1.82) is 0 Å². The molecule has 1 aliphatic heterocycles. The van der Waals surface area contributed by atoms with E-state index in [-0.39, 0.29) is 17.6 Å². The quantitative estimate of drug-likeness (QED) is 0.590. The molecule has 4 rings (SSSR count). The Labute approximate surface area is 182 Å². The zero-order valence-electron chi connectivity index (χ0n) is 18.5. The van der Waals surface area contributed by atoms with Crippen LogP contribution in [-0.2, 0) is 4.74 Å². The van der Waals surface area contributed by atoms with Crippen LogP contribution in [0.5, 0.6) is 11.5 Å². The van der Waals surface area contributed by atoms with Crippen LogP contribution in [0.15, 0.2) is 51.7 Å². The molecule has 0 amide bonds. The standard InChI is InChI=1S/C25H29NO5/c1-16-14-26(15-17(2)30-16)11-12-29-21-9-10-22-23(13-21)31-18(3)24(25(22)27)19-5-7-20(28-4)8-6-19/h5-10,13,16-17H,11-12,14-15H2,1-4H3. The van der Waals surface area contributed by atoms with Gasteiger partial charge >= 0.3 is 0 Å². The van der Waals surface area contributed by atoms with E-state index in [0.29, 0.717) is 34.6 Å². The van der Waals surface area contributed by atoms with E-state index in [2.05, 4.69) is 18.7 Å². The van der Waals surface area contributed by atoms with Gasteiger partial charge in [0.15, 0.2) is 0 Å². The second-order valence-electron chi connectivity index (χ2n) is 8.11. The van der Waals surface area contributed by atoms with Gasteiger partial charge in [0.25, 0.3) is 0 Å². The van der Waals surface area contributed by atoms with Gasteiger partial charge in [0.05, 0.1) is 30.3 Å². The van der Waals surface area contributed by atoms with Crippen molar-refractivity contribution in [3.63, 3.8) is 0 Å². The number of benzene rings is 2. The van der Waals surface area contributed by atoms with E-state index in [0.717, 1.165) is 30.9 Å². The molecule has 31 heavy (non-hydrogen) atoms. The Bertz CT molecular complexity index is 1100. The molecule has 1 aromatic heterocycles. The smallest absolute Gasteiger partial charge is 0.200 e. The van der Waals surface area contributed by atoms with Gasteiger partial charge in [-0.05, 0) is 50.6 Å². The fourth-order valence-corrected chi connectivity index (χ4v) is 4.23. The molecule has 0 saturated carbocycles. The number of fused-ring (bicyclic) bond motifs is 1. The van der Waals surface area contributed by atoms with Gasteiger partial charge in [-0.25, -0.2) is 0 Å². The third-order valence-electron chi connectivity index (χ3n) is 5.59. The maximum Gasteiger partial charge on any atom is 0.200 e. The van der Waals surface area contributed by atoms with Crippen LogP contribution in [0.2, 0.25) is 0 Å². The van der Waals surface area contributed by atoms with Gasteiger partial charge in [-0.15, -0.1) is 0 Å². The lowest BCUT2D eigenvalue weighted by atomic mass is 10.0. The van der Waals surface area contributed by atoms with Crippen molar-refractivity contribution in [3.05, 3.63) is 58.4 Å². The van der Waals surface area contributed by atoms with Crippen molar-refractivity contribution in [2.75, 3.05) is 33.4 Å². The minimum absolute atomic E-state index is 0.0493. The molecule has 6 nitrogen and oxygen atoms in total. The molecule has 3 aromatic rings. The van der Waals surface area contributed by atoms with E-state index in [1.807, 2.05) is 37.3 Å². The zero-order valence-corrected chi connectivity index (χ0v) is 18.5. The van der Waals surface area contributed by atoms with Crippen LogP contribution in [0.3, 0.4) is 0 Å². The summed E-state index contributed by atoms with van der Waals surface area (Å²) in [6.07, 6.45) is 0.475. The van der Waals surface area contributed by atoms with E-state index in [1.54, 1.807) is 19.2 Å². The molecule has 0 radical (unpaired) electrons. The monoisotopic (exact) mass is 423 g/mol. The summed E-state index contributed by atoms with van der Waals surface area (Å²) in [5.41, 5.74) is 1.86. The maximum absolute atomic E-state index is 13.1. The summed E-state index contributed by atoms with van der Waals surface area (Å²) >= 11 is 0.